The van der Waals surface area contributed by atoms with Crippen molar-refractivity contribution in [1.29, 1.82) is 0 Å². The first-order valence-electron chi connectivity index (χ1n) is 6.98. The van der Waals surface area contributed by atoms with Crippen LogP contribution in [-0.4, -0.2) is 33.3 Å². The number of amides is 1. The highest BCUT2D eigenvalue weighted by Gasteiger charge is 2.10. The van der Waals surface area contributed by atoms with Gasteiger partial charge in [-0.1, -0.05) is 35.0 Å². The second-order valence-corrected chi connectivity index (χ2v) is 6.74. The van der Waals surface area contributed by atoms with Crippen molar-refractivity contribution in [2.24, 2.45) is 0 Å². The molecule has 0 unspecified atom stereocenters. The van der Waals surface area contributed by atoms with Crippen LogP contribution in [0.5, 0.6) is 0 Å². The Kier molecular flexibility index (Phi) is 6.68. The summed E-state index contributed by atoms with van der Waals surface area (Å²) in [5.74, 6) is -0.218. The maximum absolute atomic E-state index is 12.0. The van der Waals surface area contributed by atoms with Crippen LogP contribution in [-0.2, 0) is 11.2 Å². The predicted octanol–water partition coefficient (Wildman–Crippen LogP) is 2.65. The van der Waals surface area contributed by atoms with E-state index >= 15 is 0 Å². The molecule has 1 aromatic heterocycles. The summed E-state index contributed by atoms with van der Waals surface area (Å²) < 4.78 is 0. The van der Waals surface area contributed by atoms with E-state index in [2.05, 4.69) is 15.3 Å². The molecule has 0 aliphatic rings. The Morgan fingerprint density at radius 1 is 1.33 bits per heavy atom. The Balaban J connectivity index is 2.00. The van der Waals surface area contributed by atoms with Gasteiger partial charge in [0.15, 0.2) is 5.16 Å². The second-order valence-electron chi connectivity index (χ2n) is 4.90. The van der Waals surface area contributed by atoms with Crippen molar-refractivity contribution in [3.63, 3.8) is 0 Å². The molecule has 0 atom stereocenters. The lowest BCUT2D eigenvalue weighted by atomic mass is 10.2. The molecular weight excluding hydrogens is 373 g/mol. The average molecular weight is 388 g/mol. The number of carbonyl (C=O) groups excluding carboxylic acids is 1. The molecule has 24 heavy (non-hydrogen) atoms. The molecule has 0 fully saturated rings. The third-order valence-electron chi connectivity index (χ3n) is 3.05. The summed E-state index contributed by atoms with van der Waals surface area (Å²) >= 11 is 12.9. The van der Waals surface area contributed by atoms with Crippen LogP contribution in [0.15, 0.2) is 28.2 Å². The minimum absolute atomic E-state index is 0.0614. The fourth-order valence-electron chi connectivity index (χ4n) is 2.02. The van der Waals surface area contributed by atoms with Crippen LogP contribution in [0, 0.1) is 6.92 Å². The highest BCUT2D eigenvalue weighted by Crippen LogP contribution is 2.23. The molecular formula is C15H15Cl2N3O3S. The third kappa shape index (κ3) is 5.24. The van der Waals surface area contributed by atoms with E-state index in [0.717, 1.165) is 11.8 Å². The molecule has 0 bridgehead atoms. The molecule has 1 amide bonds. The van der Waals surface area contributed by atoms with Gasteiger partial charge in [0.1, 0.15) is 0 Å². The van der Waals surface area contributed by atoms with Gasteiger partial charge >= 0.3 is 0 Å². The Morgan fingerprint density at radius 3 is 2.58 bits per heavy atom. The van der Waals surface area contributed by atoms with Crippen molar-refractivity contribution in [3.8, 4) is 0 Å². The molecule has 6 nitrogen and oxygen atoms in total. The van der Waals surface area contributed by atoms with Crippen molar-refractivity contribution in [3.05, 3.63) is 49.9 Å². The molecule has 0 radical (unpaired) electrons. The molecule has 1 heterocycles. The number of aliphatic hydroxyl groups is 1. The number of H-pyrrole nitrogens is 1. The third-order valence-corrected chi connectivity index (χ3v) is 4.36. The number of nitrogens with zero attached hydrogens (tertiary/aromatic N) is 1. The van der Waals surface area contributed by atoms with Crippen LogP contribution < -0.4 is 10.9 Å². The topological polar surface area (TPSA) is 95.1 Å². The zero-order valence-corrected chi connectivity index (χ0v) is 15.1. The largest absolute Gasteiger partial charge is 0.396 e. The number of hydrogen-bond acceptors (Lipinski definition) is 5. The minimum Gasteiger partial charge on any atom is -0.396 e. The predicted molar refractivity (Wildman–Crippen MR) is 96.2 cm³/mol. The van der Waals surface area contributed by atoms with Crippen LogP contribution in [0.3, 0.4) is 0 Å². The lowest BCUT2D eigenvalue weighted by Gasteiger charge is -2.07. The monoisotopic (exact) mass is 387 g/mol. The van der Waals surface area contributed by atoms with Gasteiger partial charge in [0.05, 0.1) is 5.75 Å². The standard InChI is InChI=1S/C15H15Cl2N3O3S/c1-8-12(2-3-21)14(23)20-15(18-8)24-7-13(22)19-11-5-9(16)4-10(17)6-11/h4-6,21H,2-3,7H2,1H3,(H,19,22)(H,18,20,23). The van der Waals surface area contributed by atoms with Crippen LogP contribution in [0.25, 0.3) is 0 Å². The number of rotatable bonds is 6. The maximum atomic E-state index is 12.0. The number of aryl methyl sites for hydroxylation is 1. The Labute approximate surface area is 152 Å². The van der Waals surface area contributed by atoms with Crippen LogP contribution in [0.2, 0.25) is 10.0 Å². The van der Waals surface area contributed by atoms with Crippen molar-refractivity contribution >= 4 is 46.6 Å². The van der Waals surface area contributed by atoms with E-state index in [1.54, 1.807) is 25.1 Å². The maximum Gasteiger partial charge on any atom is 0.255 e. The first-order valence-corrected chi connectivity index (χ1v) is 8.72. The van der Waals surface area contributed by atoms with E-state index in [-0.39, 0.29) is 30.2 Å². The fraction of sp³-hybridized carbons (Fsp3) is 0.267. The van der Waals surface area contributed by atoms with E-state index in [1.807, 2.05) is 0 Å². The lowest BCUT2D eigenvalue weighted by Crippen LogP contribution is -2.19. The Hall–Kier alpha value is -1.54. The SMILES string of the molecule is Cc1nc(SCC(=O)Nc2cc(Cl)cc(Cl)c2)[nH]c(=O)c1CCO. The smallest absolute Gasteiger partial charge is 0.255 e. The fourth-order valence-corrected chi connectivity index (χ4v) is 3.25. The van der Waals surface area contributed by atoms with E-state index in [0.29, 0.717) is 32.1 Å². The van der Waals surface area contributed by atoms with Gasteiger partial charge in [-0.15, -0.1) is 0 Å². The first-order chi connectivity index (χ1) is 11.4. The van der Waals surface area contributed by atoms with E-state index < -0.39 is 0 Å². The van der Waals surface area contributed by atoms with Gasteiger partial charge in [0.25, 0.3) is 5.56 Å². The van der Waals surface area contributed by atoms with E-state index in [9.17, 15) is 9.59 Å². The van der Waals surface area contributed by atoms with Crippen molar-refractivity contribution in [1.82, 2.24) is 9.97 Å². The summed E-state index contributed by atoms with van der Waals surface area (Å²) in [5, 5.41) is 12.8. The number of thioether (sulfide) groups is 1. The molecule has 9 heteroatoms. The highest BCUT2D eigenvalue weighted by molar-refractivity contribution is 7.99. The van der Waals surface area contributed by atoms with Crippen LogP contribution >= 0.6 is 35.0 Å². The summed E-state index contributed by atoms with van der Waals surface area (Å²) in [7, 11) is 0. The van der Waals surface area contributed by atoms with Gasteiger partial charge in [-0.3, -0.25) is 9.59 Å². The van der Waals surface area contributed by atoms with Crippen molar-refractivity contribution in [2.75, 3.05) is 17.7 Å². The number of nitrogens with one attached hydrogen (secondary N) is 2. The molecule has 0 spiro atoms. The number of aliphatic hydroxyl groups excluding tert-OH is 1. The summed E-state index contributed by atoms with van der Waals surface area (Å²) in [6.45, 7) is 1.57. The number of hydrogen-bond donors (Lipinski definition) is 3. The van der Waals surface area contributed by atoms with Gasteiger partial charge in [-0.25, -0.2) is 4.98 Å². The van der Waals surface area contributed by atoms with Crippen molar-refractivity contribution < 1.29 is 9.90 Å². The molecule has 0 saturated heterocycles. The minimum atomic E-state index is -0.305. The van der Waals surface area contributed by atoms with Crippen molar-refractivity contribution in [2.45, 2.75) is 18.5 Å². The molecule has 2 aromatic rings. The van der Waals surface area contributed by atoms with Crippen LogP contribution in [0.4, 0.5) is 5.69 Å². The lowest BCUT2D eigenvalue weighted by molar-refractivity contribution is -0.113. The van der Waals surface area contributed by atoms with E-state index in [1.165, 1.54) is 0 Å². The summed E-state index contributed by atoms with van der Waals surface area (Å²) in [5.41, 5.74) is 1.17. The zero-order chi connectivity index (χ0) is 17.7. The highest BCUT2D eigenvalue weighted by atomic mass is 35.5. The average Bonchev–Trinajstić information content (AvgIpc) is 2.48. The number of aromatic amines is 1. The number of anilines is 1. The van der Waals surface area contributed by atoms with Gasteiger partial charge < -0.3 is 15.4 Å². The molecule has 0 aliphatic heterocycles. The van der Waals surface area contributed by atoms with Gasteiger partial charge in [-0.05, 0) is 25.1 Å². The van der Waals surface area contributed by atoms with Crippen LogP contribution in [0.1, 0.15) is 11.3 Å². The molecule has 3 N–H and O–H groups in total. The summed E-state index contributed by atoms with van der Waals surface area (Å²) in [6.07, 6.45) is 0.245. The van der Waals surface area contributed by atoms with E-state index in [4.69, 9.17) is 28.3 Å². The molecule has 0 aliphatic carbocycles. The quantitative estimate of drug-likeness (QED) is 0.523. The second kappa shape index (κ2) is 8.53. The van der Waals surface area contributed by atoms with Gasteiger partial charge in [0.2, 0.25) is 5.91 Å². The van der Waals surface area contributed by atoms with Gasteiger partial charge in [-0.2, -0.15) is 0 Å². The molecule has 1 aromatic carbocycles. The number of carbonyl (C=O) groups is 1. The first kappa shape index (κ1) is 18.8. The molecule has 128 valence electrons. The number of benzene rings is 1. The zero-order valence-electron chi connectivity index (χ0n) is 12.7. The van der Waals surface area contributed by atoms with Gasteiger partial charge in [0, 0.05) is 40.0 Å². The molecule has 2 rings (SSSR count). The normalized spacial score (nSPS) is 10.7. The number of halogens is 2. The number of aromatic nitrogens is 2. The molecule has 0 saturated carbocycles. The Bertz CT molecular complexity index is 791. The summed E-state index contributed by atoms with van der Waals surface area (Å²) in [4.78, 5) is 30.7. The summed E-state index contributed by atoms with van der Waals surface area (Å²) in [6, 6.07) is 4.74. The Morgan fingerprint density at radius 2 is 2.00 bits per heavy atom.